The summed E-state index contributed by atoms with van der Waals surface area (Å²) in [4.78, 5) is 0. The minimum absolute atomic E-state index is 0.469. The van der Waals surface area contributed by atoms with Gasteiger partial charge in [-0.15, -0.1) is 0 Å². The van der Waals surface area contributed by atoms with E-state index in [4.69, 9.17) is 9.47 Å². The predicted molar refractivity (Wildman–Crippen MR) is 68.7 cm³/mol. The lowest BCUT2D eigenvalue weighted by Gasteiger charge is -2.16. The molecule has 0 aliphatic carbocycles. The molecule has 0 aromatic heterocycles. The van der Waals surface area contributed by atoms with Gasteiger partial charge >= 0.3 is 0 Å². The monoisotopic (exact) mass is 228 g/mol. The van der Waals surface area contributed by atoms with Crippen LogP contribution in [0.25, 0.3) is 10.8 Å². The molecule has 1 unspecified atom stereocenters. The number of hydrogen-bond acceptors (Lipinski definition) is 2. The van der Waals surface area contributed by atoms with Crippen molar-refractivity contribution in [3.05, 3.63) is 42.0 Å². The summed E-state index contributed by atoms with van der Waals surface area (Å²) in [5.74, 6) is 1.45. The highest BCUT2D eigenvalue weighted by Crippen LogP contribution is 2.37. The molecule has 0 saturated carbocycles. The van der Waals surface area contributed by atoms with E-state index < -0.39 is 0 Å². The van der Waals surface area contributed by atoms with Crippen molar-refractivity contribution in [1.29, 1.82) is 0 Å². The summed E-state index contributed by atoms with van der Waals surface area (Å²) in [6.45, 7) is 1.67. The quantitative estimate of drug-likeness (QED) is 0.784. The molecule has 0 amide bonds. The van der Waals surface area contributed by atoms with E-state index in [1.807, 2.05) is 0 Å². The summed E-state index contributed by atoms with van der Waals surface area (Å²) in [6, 6.07) is 12.7. The molecular weight excluding hydrogens is 212 g/mol. The Morgan fingerprint density at radius 1 is 1.18 bits per heavy atom. The van der Waals surface area contributed by atoms with Gasteiger partial charge < -0.3 is 9.47 Å². The van der Waals surface area contributed by atoms with Crippen LogP contribution >= 0.6 is 0 Å². The van der Waals surface area contributed by atoms with Gasteiger partial charge in [0.25, 0.3) is 0 Å². The van der Waals surface area contributed by atoms with Crippen molar-refractivity contribution >= 4 is 10.8 Å². The number of benzene rings is 2. The average molecular weight is 228 g/mol. The Labute approximate surface area is 101 Å². The van der Waals surface area contributed by atoms with E-state index in [2.05, 4.69) is 36.4 Å². The second kappa shape index (κ2) is 4.38. The molecule has 1 heterocycles. The van der Waals surface area contributed by atoms with Gasteiger partial charge in [-0.1, -0.05) is 30.3 Å². The van der Waals surface area contributed by atoms with E-state index in [-0.39, 0.29) is 0 Å². The van der Waals surface area contributed by atoms with E-state index in [0.717, 1.165) is 25.4 Å². The third-order valence-electron chi connectivity index (χ3n) is 3.49. The maximum Gasteiger partial charge on any atom is 0.123 e. The Morgan fingerprint density at radius 2 is 2.06 bits per heavy atom. The molecule has 0 radical (unpaired) electrons. The SMILES string of the molecule is COc1ccc2ccccc2c1C1CCOC1. The highest BCUT2D eigenvalue weighted by molar-refractivity contribution is 5.88. The molecule has 17 heavy (non-hydrogen) atoms. The number of fused-ring (bicyclic) bond motifs is 1. The van der Waals surface area contributed by atoms with Gasteiger partial charge in [-0.25, -0.2) is 0 Å². The summed E-state index contributed by atoms with van der Waals surface area (Å²) in [5.41, 5.74) is 1.31. The van der Waals surface area contributed by atoms with Crippen molar-refractivity contribution in [2.24, 2.45) is 0 Å². The summed E-state index contributed by atoms with van der Waals surface area (Å²) < 4.78 is 11.0. The molecule has 1 atom stereocenters. The second-order valence-corrected chi connectivity index (χ2v) is 4.46. The van der Waals surface area contributed by atoms with Crippen LogP contribution in [-0.4, -0.2) is 20.3 Å². The maximum absolute atomic E-state index is 5.51. The molecule has 1 saturated heterocycles. The Kier molecular flexibility index (Phi) is 2.73. The van der Waals surface area contributed by atoms with Gasteiger partial charge in [-0.05, 0) is 23.3 Å². The first-order chi connectivity index (χ1) is 8.40. The van der Waals surface area contributed by atoms with Gasteiger partial charge in [-0.3, -0.25) is 0 Å². The molecule has 1 fully saturated rings. The second-order valence-electron chi connectivity index (χ2n) is 4.46. The molecule has 0 N–H and O–H groups in total. The molecule has 0 bridgehead atoms. The summed E-state index contributed by atoms with van der Waals surface area (Å²) in [6.07, 6.45) is 1.09. The van der Waals surface area contributed by atoms with Gasteiger partial charge in [-0.2, -0.15) is 0 Å². The predicted octanol–water partition coefficient (Wildman–Crippen LogP) is 3.35. The zero-order valence-electron chi connectivity index (χ0n) is 9.98. The standard InChI is InChI=1S/C15H16O2/c1-16-14-7-6-11-4-2-3-5-13(11)15(14)12-8-9-17-10-12/h2-7,12H,8-10H2,1H3. The third kappa shape index (κ3) is 1.79. The lowest BCUT2D eigenvalue weighted by Crippen LogP contribution is -2.02. The fourth-order valence-corrected chi connectivity index (χ4v) is 2.64. The summed E-state index contributed by atoms with van der Waals surface area (Å²) in [7, 11) is 1.74. The van der Waals surface area contributed by atoms with Crippen LogP contribution in [0.1, 0.15) is 17.9 Å². The normalized spacial score (nSPS) is 19.7. The molecule has 1 aliphatic heterocycles. The van der Waals surface area contributed by atoms with Gasteiger partial charge in [0.15, 0.2) is 0 Å². The minimum atomic E-state index is 0.469. The number of ether oxygens (including phenoxy) is 2. The molecule has 1 aliphatic rings. The molecule has 2 heteroatoms. The van der Waals surface area contributed by atoms with Crippen LogP contribution in [0.4, 0.5) is 0 Å². The third-order valence-corrected chi connectivity index (χ3v) is 3.49. The molecule has 3 rings (SSSR count). The van der Waals surface area contributed by atoms with Crippen molar-refractivity contribution in [3.63, 3.8) is 0 Å². The zero-order chi connectivity index (χ0) is 11.7. The Bertz CT molecular complexity index is 527. The van der Waals surface area contributed by atoms with Gasteiger partial charge in [0.1, 0.15) is 5.75 Å². The van der Waals surface area contributed by atoms with E-state index in [9.17, 15) is 0 Å². The van der Waals surface area contributed by atoms with E-state index in [1.54, 1.807) is 7.11 Å². The lowest BCUT2D eigenvalue weighted by molar-refractivity contribution is 0.193. The lowest BCUT2D eigenvalue weighted by atomic mass is 9.92. The van der Waals surface area contributed by atoms with E-state index in [0.29, 0.717) is 5.92 Å². The Morgan fingerprint density at radius 3 is 2.82 bits per heavy atom. The Hall–Kier alpha value is -1.54. The number of methoxy groups -OCH3 is 1. The van der Waals surface area contributed by atoms with Crippen molar-refractivity contribution in [1.82, 2.24) is 0 Å². The van der Waals surface area contributed by atoms with Gasteiger partial charge in [0.05, 0.1) is 13.7 Å². The smallest absolute Gasteiger partial charge is 0.123 e. The van der Waals surface area contributed by atoms with E-state index in [1.165, 1.54) is 16.3 Å². The van der Waals surface area contributed by atoms with Crippen LogP contribution in [0.3, 0.4) is 0 Å². The van der Waals surface area contributed by atoms with E-state index >= 15 is 0 Å². The van der Waals surface area contributed by atoms with Crippen molar-refractivity contribution < 1.29 is 9.47 Å². The van der Waals surface area contributed by atoms with Crippen LogP contribution in [0.5, 0.6) is 5.75 Å². The minimum Gasteiger partial charge on any atom is -0.496 e. The number of hydrogen-bond donors (Lipinski definition) is 0. The average Bonchev–Trinajstić information content (AvgIpc) is 2.91. The van der Waals surface area contributed by atoms with Crippen LogP contribution in [0, 0.1) is 0 Å². The first-order valence-electron chi connectivity index (χ1n) is 6.03. The van der Waals surface area contributed by atoms with Crippen LogP contribution in [0.2, 0.25) is 0 Å². The molecule has 2 aromatic rings. The fourth-order valence-electron chi connectivity index (χ4n) is 2.64. The molecule has 2 nitrogen and oxygen atoms in total. The van der Waals surface area contributed by atoms with Gasteiger partial charge in [0.2, 0.25) is 0 Å². The first-order valence-corrected chi connectivity index (χ1v) is 6.03. The Balaban J connectivity index is 2.23. The van der Waals surface area contributed by atoms with Crippen molar-refractivity contribution in [3.8, 4) is 5.75 Å². The summed E-state index contributed by atoms with van der Waals surface area (Å²) in [5, 5.41) is 2.57. The molecule has 0 spiro atoms. The highest BCUT2D eigenvalue weighted by Gasteiger charge is 2.23. The summed E-state index contributed by atoms with van der Waals surface area (Å²) >= 11 is 0. The van der Waals surface area contributed by atoms with Crippen LogP contribution in [-0.2, 0) is 4.74 Å². The topological polar surface area (TPSA) is 18.5 Å². The molecule has 88 valence electrons. The zero-order valence-corrected chi connectivity index (χ0v) is 9.98. The van der Waals surface area contributed by atoms with Crippen LogP contribution < -0.4 is 4.74 Å². The largest absolute Gasteiger partial charge is 0.496 e. The highest BCUT2D eigenvalue weighted by atomic mass is 16.5. The molecular formula is C15H16O2. The maximum atomic E-state index is 5.51. The fraction of sp³-hybridized carbons (Fsp3) is 0.333. The van der Waals surface area contributed by atoms with Crippen molar-refractivity contribution in [2.75, 3.05) is 20.3 Å². The number of rotatable bonds is 2. The van der Waals surface area contributed by atoms with Crippen molar-refractivity contribution in [2.45, 2.75) is 12.3 Å². The molecule has 2 aromatic carbocycles. The van der Waals surface area contributed by atoms with Crippen LogP contribution in [0.15, 0.2) is 36.4 Å². The van der Waals surface area contributed by atoms with Gasteiger partial charge in [0, 0.05) is 18.1 Å². The first kappa shape index (κ1) is 10.6.